The van der Waals surface area contributed by atoms with Gasteiger partial charge in [-0.3, -0.25) is 14.7 Å². The average Bonchev–Trinajstić information content (AvgIpc) is 2.43. The number of carbonyl (C=O) groups is 1. The standard InChI is InChI=1S/C13H21N5O/c1-9-7-18(8-10(2)17(9)4)13(19)11-5-15-6-12(14-3)16-11/h5-6,9-10H,7-8H2,1-4H3,(H,14,16). The summed E-state index contributed by atoms with van der Waals surface area (Å²) in [6.07, 6.45) is 3.13. The Kier molecular flexibility index (Phi) is 3.99. The Balaban J connectivity index is 2.15. The molecule has 1 fully saturated rings. The highest BCUT2D eigenvalue weighted by atomic mass is 16.2. The molecule has 0 radical (unpaired) electrons. The van der Waals surface area contributed by atoms with Crippen LogP contribution in [0.4, 0.5) is 5.82 Å². The molecule has 19 heavy (non-hydrogen) atoms. The van der Waals surface area contributed by atoms with Gasteiger partial charge in [0.1, 0.15) is 11.5 Å². The van der Waals surface area contributed by atoms with Crippen LogP contribution >= 0.6 is 0 Å². The minimum absolute atomic E-state index is 0.0450. The Morgan fingerprint density at radius 2 is 1.95 bits per heavy atom. The molecule has 1 aromatic heterocycles. The van der Waals surface area contributed by atoms with Gasteiger partial charge in [0.05, 0.1) is 12.4 Å². The molecule has 2 atom stereocenters. The largest absolute Gasteiger partial charge is 0.372 e. The number of anilines is 1. The summed E-state index contributed by atoms with van der Waals surface area (Å²) >= 11 is 0. The molecule has 1 saturated heterocycles. The molecule has 1 aliphatic rings. The molecule has 0 aliphatic carbocycles. The van der Waals surface area contributed by atoms with E-state index in [1.807, 2.05) is 4.90 Å². The van der Waals surface area contributed by atoms with Crippen molar-refractivity contribution in [2.45, 2.75) is 25.9 Å². The summed E-state index contributed by atoms with van der Waals surface area (Å²) in [5, 5.41) is 2.90. The van der Waals surface area contributed by atoms with Gasteiger partial charge in [0.25, 0.3) is 5.91 Å². The lowest BCUT2D eigenvalue weighted by molar-refractivity contribution is 0.0409. The lowest BCUT2D eigenvalue weighted by atomic mass is 10.1. The smallest absolute Gasteiger partial charge is 0.274 e. The maximum Gasteiger partial charge on any atom is 0.274 e. The number of hydrogen-bond acceptors (Lipinski definition) is 5. The highest BCUT2D eigenvalue weighted by Gasteiger charge is 2.30. The molecule has 6 nitrogen and oxygen atoms in total. The van der Waals surface area contributed by atoms with E-state index < -0.39 is 0 Å². The lowest BCUT2D eigenvalue weighted by Crippen LogP contribution is -2.56. The Hall–Kier alpha value is -1.69. The van der Waals surface area contributed by atoms with E-state index in [9.17, 15) is 4.79 Å². The normalized spacial score (nSPS) is 24.3. The minimum atomic E-state index is -0.0450. The third-order valence-electron chi connectivity index (χ3n) is 3.76. The van der Waals surface area contributed by atoms with Crippen LogP contribution < -0.4 is 5.32 Å². The van der Waals surface area contributed by atoms with Crippen LogP contribution in [0.25, 0.3) is 0 Å². The second-order valence-corrected chi connectivity index (χ2v) is 5.11. The molecule has 6 heteroatoms. The van der Waals surface area contributed by atoms with E-state index in [-0.39, 0.29) is 5.91 Å². The molecule has 1 aromatic rings. The quantitative estimate of drug-likeness (QED) is 0.850. The fraction of sp³-hybridized carbons (Fsp3) is 0.615. The molecule has 2 unspecified atom stereocenters. The molecule has 2 heterocycles. The van der Waals surface area contributed by atoms with Gasteiger partial charge in [-0.15, -0.1) is 0 Å². The first-order valence-corrected chi connectivity index (χ1v) is 6.54. The van der Waals surface area contributed by atoms with Gasteiger partial charge >= 0.3 is 0 Å². The summed E-state index contributed by atoms with van der Waals surface area (Å²) in [5.41, 5.74) is 0.399. The first-order valence-electron chi connectivity index (χ1n) is 6.54. The van der Waals surface area contributed by atoms with Crippen molar-refractivity contribution in [3.63, 3.8) is 0 Å². The highest BCUT2D eigenvalue weighted by molar-refractivity contribution is 5.92. The Bertz CT molecular complexity index is 452. The molecular weight excluding hydrogens is 242 g/mol. The SMILES string of the molecule is CNc1cncc(C(=O)N2CC(C)N(C)C(C)C2)n1. The van der Waals surface area contributed by atoms with Crippen LogP contribution in [0.5, 0.6) is 0 Å². The fourth-order valence-electron chi connectivity index (χ4n) is 2.32. The first-order chi connectivity index (χ1) is 9.02. The lowest BCUT2D eigenvalue weighted by Gasteiger charge is -2.42. The molecule has 0 saturated carbocycles. The van der Waals surface area contributed by atoms with Crippen molar-refractivity contribution in [1.82, 2.24) is 19.8 Å². The number of nitrogens with one attached hydrogen (secondary N) is 1. The number of carbonyl (C=O) groups excluding carboxylic acids is 1. The number of aromatic nitrogens is 2. The van der Waals surface area contributed by atoms with Gasteiger partial charge in [0, 0.05) is 32.2 Å². The summed E-state index contributed by atoms with van der Waals surface area (Å²) in [6.45, 7) is 5.72. The summed E-state index contributed by atoms with van der Waals surface area (Å²) < 4.78 is 0. The van der Waals surface area contributed by atoms with Crippen LogP contribution in [0, 0.1) is 0 Å². The van der Waals surface area contributed by atoms with Crippen molar-refractivity contribution in [1.29, 1.82) is 0 Å². The number of amides is 1. The first kappa shape index (κ1) is 13.7. The van der Waals surface area contributed by atoms with Crippen molar-refractivity contribution in [3.05, 3.63) is 18.1 Å². The van der Waals surface area contributed by atoms with Crippen molar-refractivity contribution in [3.8, 4) is 0 Å². The summed E-state index contributed by atoms with van der Waals surface area (Å²) in [5.74, 6) is 0.567. The fourth-order valence-corrected chi connectivity index (χ4v) is 2.32. The van der Waals surface area contributed by atoms with Crippen LogP contribution in [0.2, 0.25) is 0 Å². The predicted octanol–water partition coefficient (Wildman–Crippen LogP) is 0.683. The maximum atomic E-state index is 12.4. The van der Waals surface area contributed by atoms with E-state index in [4.69, 9.17) is 0 Å². The van der Waals surface area contributed by atoms with E-state index in [1.165, 1.54) is 6.20 Å². The average molecular weight is 263 g/mol. The van der Waals surface area contributed by atoms with Crippen LogP contribution in [0.3, 0.4) is 0 Å². The van der Waals surface area contributed by atoms with Crippen molar-refractivity contribution in [2.24, 2.45) is 0 Å². The number of hydrogen-bond donors (Lipinski definition) is 1. The minimum Gasteiger partial charge on any atom is -0.372 e. The third-order valence-corrected chi connectivity index (χ3v) is 3.76. The molecule has 1 N–H and O–H groups in total. The van der Waals surface area contributed by atoms with Crippen LogP contribution in [-0.4, -0.2) is 64.9 Å². The summed E-state index contributed by atoms with van der Waals surface area (Å²) in [4.78, 5) is 24.9. The summed E-state index contributed by atoms with van der Waals surface area (Å²) in [7, 11) is 3.86. The number of rotatable bonds is 2. The molecule has 0 bridgehead atoms. The van der Waals surface area contributed by atoms with E-state index >= 15 is 0 Å². The van der Waals surface area contributed by atoms with Gasteiger partial charge < -0.3 is 10.2 Å². The third kappa shape index (κ3) is 2.84. The molecule has 2 rings (SSSR count). The zero-order chi connectivity index (χ0) is 14.0. The van der Waals surface area contributed by atoms with Gasteiger partial charge in [-0.1, -0.05) is 0 Å². The zero-order valence-electron chi connectivity index (χ0n) is 11.9. The number of nitrogens with zero attached hydrogens (tertiary/aromatic N) is 4. The molecule has 0 spiro atoms. The monoisotopic (exact) mass is 263 g/mol. The predicted molar refractivity (Wildman–Crippen MR) is 74.2 cm³/mol. The van der Waals surface area contributed by atoms with E-state index in [2.05, 4.69) is 41.1 Å². The maximum absolute atomic E-state index is 12.4. The van der Waals surface area contributed by atoms with Gasteiger partial charge in [0.15, 0.2) is 0 Å². The molecule has 0 aromatic carbocycles. The van der Waals surface area contributed by atoms with Crippen LogP contribution in [0.15, 0.2) is 12.4 Å². The number of piperazine rings is 1. The molecule has 1 amide bonds. The van der Waals surface area contributed by atoms with Crippen molar-refractivity contribution in [2.75, 3.05) is 32.5 Å². The van der Waals surface area contributed by atoms with Gasteiger partial charge in [0.2, 0.25) is 0 Å². The van der Waals surface area contributed by atoms with E-state index in [0.29, 0.717) is 23.6 Å². The van der Waals surface area contributed by atoms with E-state index in [0.717, 1.165) is 13.1 Å². The highest BCUT2D eigenvalue weighted by Crippen LogP contribution is 2.15. The van der Waals surface area contributed by atoms with Gasteiger partial charge in [-0.05, 0) is 20.9 Å². The second-order valence-electron chi connectivity index (χ2n) is 5.11. The van der Waals surface area contributed by atoms with Crippen molar-refractivity contribution >= 4 is 11.7 Å². The second kappa shape index (κ2) is 5.52. The molecular formula is C13H21N5O. The molecule has 1 aliphatic heterocycles. The number of likely N-dealkylation sites (N-methyl/N-ethyl adjacent to an activating group) is 1. The van der Waals surface area contributed by atoms with Crippen LogP contribution in [0.1, 0.15) is 24.3 Å². The summed E-state index contributed by atoms with van der Waals surface area (Å²) in [6, 6.07) is 0.710. The van der Waals surface area contributed by atoms with Crippen LogP contribution in [-0.2, 0) is 0 Å². The molecule has 104 valence electrons. The van der Waals surface area contributed by atoms with E-state index in [1.54, 1.807) is 13.2 Å². The van der Waals surface area contributed by atoms with Gasteiger partial charge in [-0.25, -0.2) is 4.98 Å². The Morgan fingerprint density at radius 3 is 2.53 bits per heavy atom. The Labute approximate surface area is 113 Å². The zero-order valence-corrected chi connectivity index (χ0v) is 11.9. The Morgan fingerprint density at radius 1 is 1.32 bits per heavy atom. The topological polar surface area (TPSA) is 61.4 Å². The van der Waals surface area contributed by atoms with Crippen molar-refractivity contribution < 1.29 is 4.79 Å². The van der Waals surface area contributed by atoms with Gasteiger partial charge in [-0.2, -0.15) is 0 Å².